The van der Waals surface area contributed by atoms with Crippen molar-refractivity contribution in [2.75, 3.05) is 32.8 Å². The van der Waals surface area contributed by atoms with Gasteiger partial charge in [0.1, 0.15) is 5.75 Å². The predicted molar refractivity (Wildman–Crippen MR) is 125 cm³/mol. The zero-order valence-corrected chi connectivity index (χ0v) is 18.5. The van der Waals surface area contributed by atoms with Crippen LogP contribution < -0.4 is 15.6 Å². The number of nitrogens with zero attached hydrogens (tertiary/aromatic N) is 1. The first-order chi connectivity index (χ1) is 14.7. The van der Waals surface area contributed by atoms with E-state index in [4.69, 9.17) is 4.74 Å². The van der Waals surface area contributed by atoms with E-state index in [1.165, 1.54) is 18.4 Å². The second-order valence-corrected chi connectivity index (χ2v) is 7.72. The summed E-state index contributed by atoms with van der Waals surface area (Å²) in [6.07, 6.45) is 5.11. The van der Waals surface area contributed by atoms with Crippen molar-refractivity contribution in [2.45, 2.75) is 39.2 Å². The Morgan fingerprint density at radius 3 is 2.67 bits per heavy atom. The minimum atomic E-state index is -0.0444. The fourth-order valence-electron chi connectivity index (χ4n) is 3.81. The number of hydrogen-bond acceptors (Lipinski definition) is 4. The second-order valence-electron chi connectivity index (χ2n) is 7.72. The molecule has 2 heterocycles. The lowest BCUT2D eigenvalue weighted by molar-refractivity contribution is 0.141. The third kappa shape index (κ3) is 7.47. The van der Waals surface area contributed by atoms with Crippen LogP contribution in [0.3, 0.4) is 0 Å². The lowest BCUT2D eigenvalue weighted by atomic mass is 9.98. The SMILES string of the molecule is C=C.CCc1ccccc1OCC1CCN(CCNC(C)c2cc[nH]c(=O)c2)CC1. The van der Waals surface area contributed by atoms with Crippen molar-refractivity contribution in [1.82, 2.24) is 15.2 Å². The average molecular weight is 412 g/mol. The first-order valence-electron chi connectivity index (χ1n) is 11.0. The van der Waals surface area contributed by atoms with E-state index >= 15 is 0 Å². The number of likely N-dealkylation sites (tertiary alicyclic amines) is 1. The van der Waals surface area contributed by atoms with Crippen LogP contribution in [0.2, 0.25) is 0 Å². The van der Waals surface area contributed by atoms with Gasteiger partial charge in [-0.2, -0.15) is 0 Å². The first-order valence-corrected chi connectivity index (χ1v) is 11.0. The molecule has 0 amide bonds. The van der Waals surface area contributed by atoms with Crippen molar-refractivity contribution in [3.05, 3.63) is 77.2 Å². The number of aryl methyl sites for hydroxylation is 1. The van der Waals surface area contributed by atoms with Crippen molar-refractivity contribution >= 4 is 0 Å². The highest BCUT2D eigenvalue weighted by molar-refractivity contribution is 5.33. The van der Waals surface area contributed by atoms with Crippen LogP contribution >= 0.6 is 0 Å². The Kier molecular flexibility index (Phi) is 10.4. The number of aromatic nitrogens is 1. The van der Waals surface area contributed by atoms with Gasteiger partial charge in [-0.3, -0.25) is 4.79 Å². The molecule has 1 aliphatic rings. The molecule has 0 spiro atoms. The normalized spacial score (nSPS) is 15.8. The van der Waals surface area contributed by atoms with Gasteiger partial charge >= 0.3 is 0 Å². The van der Waals surface area contributed by atoms with Crippen LogP contribution in [0.15, 0.2) is 60.5 Å². The number of ether oxygens (including phenoxy) is 1. The molecular formula is C25H37N3O2. The van der Waals surface area contributed by atoms with Crippen LogP contribution in [-0.2, 0) is 6.42 Å². The monoisotopic (exact) mass is 411 g/mol. The van der Waals surface area contributed by atoms with Gasteiger partial charge in [0.2, 0.25) is 5.56 Å². The van der Waals surface area contributed by atoms with Crippen LogP contribution in [0.4, 0.5) is 0 Å². The third-order valence-corrected chi connectivity index (χ3v) is 5.71. The molecule has 1 aromatic carbocycles. The van der Waals surface area contributed by atoms with Gasteiger partial charge < -0.3 is 19.9 Å². The number of aromatic amines is 1. The molecule has 2 N–H and O–H groups in total. The molecule has 1 atom stereocenters. The van der Waals surface area contributed by atoms with Crippen LogP contribution in [0.25, 0.3) is 0 Å². The molecule has 5 heteroatoms. The van der Waals surface area contributed by atoms with Gasteiger partial charge in [0.15, 0.2) is 0 Å². The predicted octanol–water partition coefficient (Wildman–Crippen LogP) is 4.18. The highest BCUT2D eigenvalue weighted by Gasteiger charge is 2.20. The molecule has 3 rings (SSSR count). The summed E-state index contributed by atoms with van der Waals surface area (Å²) in [4.78, 5) is 16.6. The Morgan fingerprint density at radius 2 is 1.97 bits per heavy atom. The first kappa shape index (κ1) is 23.9. The molecule has 0 saturated carbocycles. The number of hydrogen-bond donors (Lipinski definition) is 2. The summed E-state index contributed by atoms with van der Waals surface area (Å²) in [5.74, 6) is 1.69. The smallest absolute Gasteiger partial charge is 0.248 e. The summed E-state index contributed by atoms with van der Waals surface area (Å²) < 4.78 is 6.12. The van der Waals surface area contributed by atoms with Crippen LogP contribution in [0, 0.1) is 5.92 Å². The lowest BCUT2D eigenvalue weighted by Gasteiger charge is -2.32. The van der Waals surface area contributed by atoms with Gasteiger partial charge in [-0.25, -0.2) is 0 Å². The van der Waals surface area contributed by atoms with Crippen molar-refractivity contribution in [2.24, 2.45) is 5.92 Å². The van der Waals surface area contributed by atoms with Gasteiger partial charge in [0, 0.05) is 31.4 Å². The number of nitrogens with one attached hydrogen (secondary N) is 2. The molecule has 1 unspecified atom stereocenters. The van der Waals surface area contributed by atoms with E-state index in [0.29, 0.717) is 5.92 Å². The molecular weight excluding hydrogens is 374 g/mol. The number of para-hydroxylation sites is 1. The number of benzene rings is 1. The summed E-state index contributed by atoms with van der Waals surface area (Å²) in [6.45, 7) is 15.3. The Morgan fingerprint density at radius 1 is 1.23 bits per heavy atom. The zero-order valence-electron chi connectivity index (χ0n) is 18.5. The van der Waals surface area contributed by atoms with Crippen LogP contribution in [0.5, 0.6) is 5.75 Å². The minimum Gasteiger partial charge on any atom is -0.493 e. The molecule has 5 nitrogen and oxygen atoms in total. The van der Waals surface area contributed by atoms with Crippen molar-refractivity contribution in [1.29, 1.82) is 0 Å². The minimum absolute atomic E-state index is 0.0444. The van der Waals surface area contributed by atoms with Gasteiger partial charge in [0.05, 0.1) is 6.61 Å². The molecule has 1 saturated heterocycles. The molecule has 1 fully saturated rings. The van der Waals surface area contributed by atoms with E-state index in [0.717, 1.165) is 50.5 Å². The van der Waals surface area contributed by atoms with Crippen LogP contribution in [-0.4, -0.2) is 42.7 Å². The highest BCUT2D eigenvalue weighted by atomic mass is 16.5. The molecule has 2 aromatic rings. The molecule has 0 aliphatic carbocycles. The maximum Gasteiger partial charge on any atom is 0.248 e. The Bertz CT molecular complexity index is 797. The quantitative estimate of drug-likeness (QED) is 0.608. The topological polar surface area (TPSA) is 57.4 Å². The Labute approximate surface area is 181 Å². The van der Waals surface area contributed by atoms with Gasteiger partial charge in [0.25, 0.3) is 0 Å². The van der Waals surface area contributed by atoms with E-state index in [-0.39, 0.29) is 11.6 Å². The van der Waals surface area contributed by atoms with Gasteiger partial charge in [-0.05, 0) is 68.5 Å². The lowest BCUT2D eigenvalue weighted by Crippen LogP contribution is -2.39. The highest BCUT2D eigenvalue weighted by Crippen LogP contribution is 2.22. The second kappa shape index (κ2) is 13.0. The van der Waals surface area contributed by atoms with Crippen molar-refractivity contribution in [3.8, 4) is 5.75 Å². The summed E-state index contributed by atoms with van der Waals surface area (Å²) in [5.41, 5.74) is 2.28. The molecule has 0 bridgehead atoms. The molecule has 30 heavy (non-hydrogen) atoms. The van der Waals surface area contributed by atoms with Crippen molar-refractivity contribution in [3.63, 3.8) is 0 Å². The number of pyridine rings is 1. The number of piperidine rings is 1. The van der Waals surface area contributed by atoms with Crippen LogP contribution in [0.1, 0.15) is 43.9 Å². The zero-order chi connectivity index (χ0) is 21.8. The fourth-order valence-corrected chi connectivity index (χ4v) is 3.81. The number of rotatable bonds is 9. The summed E-state index contributed by atoms with van der Waals surface area (Å²) in [6, 6.07) is 12.2. The Hall–Kier alpha value is -2.37. The summed E-state index contributed by atoms with van der Waals surface area (Å²) >= 11 is 0. The van der Waals surface area contributed by atoms with E-state index in [2.05, 4.69) is 66.5 Å². The van der Waals surface area contributed by atoms with E-state index in [1.54, 1.807) is 12.3 Å². The third-order valence-electron chi connectivity index (χ3n) is 5.71. The van der Waals surface area contributed by atoms with E-state index in [9.17, 15) is 4.79 Å². The fraction of sp³-hybridized carbons (Fsp3) is 0.480. The number of H-pyrrole nitrogens is 1. The average Bonchev–Trinajstić information content (AvgIpc) is 2.80. The van der Waals surface area contributed by atoms with Gasteiger partial charge in [-0.1, -0.05) is 25.1 Å². The van der Waals surface area contributed by atoms with E-state index in [1.807, 2.05) is 6.07 Å². The van der Waals surface area contributed by atoms with Gasteiger partial charge in [-0.15, -0.1) is 13.2 Å². The summed E-state index contributed by atoms with van der Waals surface area (Å²) in [5, 5.41) is 3.52. The summed E-state index contributed by atoms with van der Waals surface area (Å²) in [7, 11) is 0. The maximum atomic E-state index is 11.4. The van der Waals surface area contributed by atoms with E-state index < -0.39 is 0 Å². The largest absolute Gasteiger partial charge is 0.493 e. The molecule has 0 radical (unpaired) electrons. The van der Waals surface area contributed by atoms with Crippen molar-refractivity contribution < 1.29 is 4.74 Å². The standard InChI is InChI=1S/C23H33N3O2.C2H4/c1-3-20-6-4-5-7-22(20)28-17-19-9-13-26(14-10-19)15-12-24-18(2)21-8-11-25-23(27)16-21;1-2/h4-8,11,16,18-19,24H,3,9-10,12-15,17H2,1-2H3,(H,25,27);1-2H2. The molecule has 164 valence electrons. The maximum absolute atomic E-state index is 11.4. The molecule has 1 aliphatic heterocycles. The Balaban J connectivity index is 0.00000155. The molecule has 1 aromatic heterocycles.